The molecule has 0 radical (unpaired) electrons. The average Bonchev–Trinajstić information content (AvgIpc) is 2.95. The number of rotatable bonds is 5. The van der Waals surface area contributed by atoms with Crippen LogP contribution >= 0.6 is 0 Å². The topological polar surface area (TPSA) is 27.2 Å². The first-order valence-corrected chi connectivity index (χ1v) is 12.7. The van der Waals surface area contributed by atoms with Crippen molar-refractivity contribution in [3.63, 3.8) is 0 Å². The van der Waals surface area contributed by atoms with Crippen LogP contribution in [0.25, 0.3) is 45.4 Å². The van der Waals surface area contributed by atoms with Crippen LogP contribution in [-0.2, 0) is 19.4 Å². The summed E-state index contributed by atoms with van der Waals surface area (Å²) in [5.41, 5.74) is 10.3. The molecule has 1 aliphatic rings. The molecule has 0 spiro atoms. The molecule has 3 heterocycles. The summed E-state index contributed by atoms with van der Waals surface area (Å²) in [7, 11) is 1.69. The maximum Gasteiger partial charge on any atom is 0.221 e. The van der Waals surface area contributed by atoms with Gasteiger partial charge in [0, 0.05) is 24.6 Å². The molecule has 1 N–H and O–H groups in total. The highest BCUT2D eigenvalue weighted by Gasteiger charge is 2.31. The number of fused-ring (bicyclic) bond motifs is 5. The minimum absolute atomic E-state index is 0.871. The molecule has 0 amide bonds. The third-order valence-electron chi connectivity index (χ3n) is 7.23. The number of methoxy groups -OCH3 is 1. The van der Waals surface area contributed by atoms with E-state index in [0.717, 1.165) is 36.4 Å². The maximum atomic E-state index is 5.29. The molecule has 0 unspecified atom stereocenters. The van der Waals surface area contributed by atoms with Crippen LogP contribution in [0.2, 0.25) is 0 Å². The Morgan fingerprint density at radius 3 is 2.56 bits per heavy atom. The molecular weight excluding hydrogens is 440 g/mol. The van der Waals surface area contributed by atoms with E-state index in [1.165, 1.54) is 44.3 Å². The standard InChI is InChI=1S/C33H29N2O/c1-3-25-12-13-27-18-21-35-20-17-26-6-4-5-7-29(26)33(35)32(27)31(25)30-22-24(16-19-34-30)9-8-23-10-14-28(36-2)15-11-23/h4-17,19-20,22H,3,18,21H2,1-2H3/q+1/p+1/b9-8+. The number of hydrogen-bond acceptors (Lipinski definition) is 1. The summed E-state index contributed by atoms with van der Waals surface area (Å²) in [6.07, 6.45) is 10.7. The number of nitrogens with one attached hydrogen (secondary N) is 1. The molecular formula is C33H30N2O+2. The lowest BCUT2D eigenvalue weighted by Crippen LogP contribution is -2.40. The molecule has 5 aromatic rings. The average molecular weight is 471 g/mol. The van der Waals surface area contributed by atoms with Crippen LogP contribution in [0.5, 0.6) is 5.75 Å². The first kappa shape index (κ1) is 22.2. The molecule has 0 saturated heterocycles. The Bertz CT molecular complexity index is 1600. The lowest BCUT2D eigenvalue weighted by Gasteiger charge is -2.20. The third-order valence-corrected chi connectivity index (χ3v) is 7.23. The highest BCUT2D eigenvalue weighted by Crippen LogP contribution is 2.40. The van der Waals surface area contributed by atoms with Gasteiger partial charge in [0.05, 0.1) is 23.6 Å². The van der Waals surface area contributed by atoms with E-state index in [0.29, 0.717) is 0 Å². The van der Waals surface area contributed by atoms with Crippen LogP contribution in [0.1, 0.15) is 29.2 Å². The molecule has 0 bridgehead atoms. The van der Waals surface area contributed by atoms with Gasteiger partial charge in [-0.1, -0.05) is 61.5 Å². The molecule has 3 aromatic carbocycles. The van der Waals surface area contributed by atoms with Crippen molar-refractivity contribution in [1.29, 1.82) is 0 Å². The van der Waals surface area contributed by atoms with Crippen molar-refractivity contribution < 1.29 is 14.3 Å². The zero-order valence-corrected chi connectivity index (χ0v) is 20.8. The van der Waals surface area contributed by atoms with E-state index in [9.17, 15) is 0 Å². The largest absolute Gasteiger partial charge is 0.497 e. The quantitative estimate of drug-likeness (QED) is 0.267. The Morgan fingerprint density at radius 2 is 1.72 bits per heavy atom. The van der Waals surface area contributed by atoms with Crippen LogP contribution in [-0.4, -0.2) is 7.11 Å². The third kappa shape index (κ3) is 3.97. The second-order valence-electron chi connectivity index (χ2n) is 9.32. The molecule has 2 aromatic heterocycles. The summed E-state index contributed by atoms with van der Waals surface area (Å²) < 4.78 is 7.72. The minimum Gasteiger partial charge on any atom is -0.497 e. The van der Waals surface area contributed by atoms with E-state index in [4.69, 9.17) is 4.74 Å². The molecule has 6 rings (SSSR count). The van der Waals surface area contributed by atoms with E-state index in [-0.39, 0.29) is 0 Å². The number of hydrogen-bond donors (Lipinski definition) is 0. The van der Waals surface area contributed by atoms with E-state index in [1.54, 1.807) is 7.11 Å². The van der Waals surface area contributed by atoms with Gasteiger partial charge in [-0.15, -0.1) is 0 Å². The van der Waals surface area contributed by atoms with Crippen molar-refractivity contribution in [1.82, 2.24) is 0 Å². The van der Waals surface area contributed by atoms with Gasteiger partial charge in [-0.25, -0.2) is 4.98 Å². The van der Waals surface area contributed by atoms with Crippen LogP contribution in [0, 0.1) is 0 Å². The molecule has 0 atom stereocenters. The normalized spacial score (nSPS) is 12.5. The molecule has 3 heteroatoms. The van der Waals surface area contributed by atoms with Crippen LogP contribution in [0.15, 0.2) is 91.3 Å². The summed E-state index contributed by atoms with van der Waals surface area (Å²) in [6, 6.07) is 28.2. The van der Waals surface area contributed by atoms with Crippen molar-refractivity contribution in [3.05, 3.63) is 114 Å². The van der Waals surface area contributed by atoms with Gasteiger partial charge >= 0.3 is 0 Å². The number of benzene rings is 3. The highest BCUT2D eigenvalue weighted by molar-refractivity contribution is 5.98. The van der Waals surface area contributed by atoms with Gasteiger partial charge in [0.25, 0.3) is 0 Å². The molecule has 0 saturated carbocycles. The van der Waals surface area contributed by atoms with Crippen molar-refractivity contribution in [2.24, 2.45) is 0 Å². The maximum absolute atomic E-state index is 5.29. The summed E-state index contributed by atoms with van der Waals surface area (Å²) in [4.78, 5) is 3.58. The van der Waals surface area contributed by atoms with Crippen molar-refractivity contribution in [2.45, 2.75) is 26.3 Å². The van der Waals surface area contributed by atoms with Gasteiger partial charge in [-0.2, -0.15) is 4.57 Å². The van der Waals surface area contributed by atoms with Gasteiger partial charge in [-0.05, 0) is 52.3 Å². The zero-order chi connectivity index (χ0) is 24.5. The fraction of sp³-hybridized carbons (Fsp3) is 0.152. The second kappa shape index (κ2) is 9.43. The van der Waals surface area contributed by atoms with Gasteiger partial charge in [0.15, 0.2) is 18.9 Å². The number of pyridine rings is 2. The van der Waals surface area contributed by atoms with E-state index < -0.39 is 0 Å². The molecule has 3 nitrogen and oxygen atoms in total. The van der Waals surface area contributed by atoms with Gasteiger partial charge < -0.3 is 4.74 Å². The SMILES string of the molecule is CCc1ccc2c(c1-c1cc(/C=C/c3ccc(OC)cc3)cc[nH+]1)-c1c3ccccc3cc[n+]1CC2. The smallest absolute Gasteiger partial charge is 0.221 e. The Kier molecular flexibility index (Phi) is 5.82. The number of ether oxygens (including phenoxy) is 1. The molecule has 0 fully saturated rings. The minimum atomic E-state index is 0.871. The second-order valence-corrected chi connectivity index (χ2v) is 9.32. The Balaban J connectivity index is 1.50. The molecule has 0 aliphatic carbocycles. The van der Waals surface area contributed by atoms with Crippen LogP contribution in [0.4, 0.5) is 0 Å². The van der Waals surface area contributed by atoms with E-state index >= 15 is 0 Å². The number of aromatic amines is 1. The summed E-state index contributed by atoms with van der Waals surface area (Å²) >= 11 is 0. The van der Waals surface area contributed by atoms with Gasteiger partial charge in [-0.3, -0.25) is 0 Å². The molecule has 1 aliphatic heterocycles. The lowest BCUT2D eigenvalue weighted by atomic mass is 9.85. The van der Waals surface area contributed by atoms with E-state index in [1.807, 2.05) is 12.1 Å². The lowest BCUT2D eigenvalue weighted by molar-refractivity contribution is -0.686. The zero-order valence-electron chi connectivity index (χ0n) is 20.8. The first-order valence-electron chi connectivity index (χ1n) is 12.7. The Morgan fingerprint density at radius 1 is 0.889 bits per heavy atom. The number of aryl methyl sites for hydroxylation is 3. The predicted octanol–water partition coefficient (Wildman–Crippen LogP) is 6.57. The Labute approximate surface area is 212 Å². The highest BCUT2D eigenvalue weighted by atomic mass is 16.5. The summed E-state index contributed by atoms with van der Waals surface area (Å²) in [6.45, 7) is 3.26. The summed E-state index contributed by atoms with van der Waals surface area (Å²) in [5, 5.41) is 2.59. The van der Waals surface area contributed by atoms with Gasteiger partial charge in [0.2, 0.25) is 11.4 Å². The number of aromatic nitrogens is 2. The van der Waals surface area contributed by atoms with Crippen molar-refractivity contribution in [2.75, 3.05) is 7.11 Å². The monoisotopic (exact) mass is 470 g/mol. The fourth-order valence-electron chi connectivity index (χ4n) is 5.37. The van der Waals surface area contributed by atoms with Crippen LogP contribution < -0.4 is 14.3 Å². The predicted molar refractivity (Wildman–Crippen MR) is 147 cm³/mol. The van der Waals surface area contributed by atoms with Crippen LogP contribution in [0.3, 0.4) is 0 Å². The van der Waals surface area contributed by atoms with Crippen molar-refractivity contribution in [3.8, 4) is 28.3 Å². The summed E-state index contributed by atoms with van der Waals surface area (Å²) in [5.74, 6) is 0.871. The first-order chi connectivity index (χ1) is 17.7. The Hall–Kier alpha value is -4.24. The fourth-order valence-corrected chi connectivity index (χ4v) is 5.37. The molecule has 176 valence electrons. The van der Waals surface area contributed by atoms with E-state index in [2.05, 4.69) is 108 Å². The molecule has 36 heavy (non-hydrogen) atoms. The number of nitrogens with zero attached hydrogens (tertiary/aromatic N) is 1. The van der Waals surface area contributed by atoms with Crippen molar-refractivity contribution >= 4 is 22.9 Å². The number of H-pyrrole nitrogens is 1. The van der Waals surface area contributed by atoms with Gasteiger partial charge in [0.1, 0.15) is 5.75 Å².